The van der Waals surface area contributed by atoms with Gasteiger partial charge in [-0.15, -0.1) is 23.7 Å². The number of pyridine rings is 1. The molecule has 2 unspecified atom stereocenters. The zero-order valence-electron chi connectivity index (χ0n) is 17.5. The quantitative estimate of drug-likeness (QED) is 0.709. The summed E-state index contributed by atoms with van der Waals surface area (Å²) in [6, 6.07) is 7.68. The first-order chi connectivity index (χ1) is 14.6. The SMILES string of the molecule is Cl.O=C(c1cc2c(s1)C1(CCNCC1)OCC2)N1CC2CC(C1)c1cccc(=O)n1C2. The monoisotopic (exact) mass is 461 g/mol. The van der Waals surface area contributed by atoms with Crippen molar-refractivity contribution in [3.05, 3.63) is 55.6 Å². The second kappa shape index (κ2) is 8.03. The number of hydrogen-bond acceptors (Lipinski definition) is 5. The molecule has 2 aromatic rings. The number of aromatic nitrogens is 1. The van der Waals surface area contributed by atoms with Gasteiger partial charge >= 0.3 is 0 Å². The number of rotatable bonds is 1. The predicted molar refractivity (Wildman–Crippen MR) is 122 cm³/mol. The highest BCUT2D eigenvalue weighted by molar-refractivity contribution is 7.14. The van der Waals surface area contributed by atoms with Crippen molar-refractivity contribution in [2.45, 2.75) is 43.7 Å². The number of amides is 1. The van der Waals surface area contributed by atoms with Crippen LogP contribution in [0.5, 0.6) is 0 Å². The molecule has 1 spiro atoms. The molecule has 4 aliphatic rings. The summed E-state index contributed by atoms with van der Waals surface area (Å²) >= 11 is 1.66. The molecule has 8 heteroatoms. The summed E-state index contributed by atoms with van der Waals surface area (Å²) in [5.41, 5.74) is 2.29. The van der Waals surface area contributed by atoms with Gasteiger partial charge in [-0.1, -0.05) is 6.07 Å². The van der Waals surface area contributed by atoms with Crippen LogP contribution in [-0.4, -0.2) is 48.2 Å². The van der Waals surface area contributed by atoms with Gasteiger partial charge in [0.15, 0.2) is 0 Å². The second-order valence-electron chi connectivity index (χ2n) is 9.22. The minimum absolute atomic E-state index is 0. The molecule has 2 bridgehead atoms. The maximum Gasteiger partial charge on any atom is 0.263 e. The zero-order chi connectivity index (χ0) is 20.3. The van der Waals surface area contributed by atoms with E-state index in [1.54, 1.807) is 17.4 Å². The average Bonchev–Trinajstić information content (AvgIpc) is 3.21. The third-order valence-electron chi connectivity index (χ3n) is 7.36. The van der Waals surface area contributed by atoms with Crippen LogP contribution in [0.3, 0.4) is 0 Å². The topological polar surface area (TPSA) is 63.6 Å². The lowest BCUT2D eigenvalue weighted by Gasteiger charge is -2.42. The molecule has 2 aromatic heterocycles. The molecule has 0 aliphatic carbocycles. The number of ether oxygens (including phenoxy) is 1. The third kappa shape index (κ3) is 3.46. The predicted octanol–water partition coefficient (Wildman–Crippen LogP) is 2.74. The van der Waals surface area contributed by atoms with Gasteiger partial charge in [0.05, 0.1) is 11.5 Å². The molecule has 1 N–H and O–H groups in total. The Labute approximate surface area is 192 Å². The number of likely N-dealkylation sites (tertiary alicyclic amines) is 1. The Kier molecular flexibility index (Phi) is 5.49. The first-order valence-corrected chi connectivity index (χ1v) is 11.9. The second-order valence-corrected chi connectivity index (χ2v) is 10.3. The van der Waals surface area contributed by atoms with Crippen LogP contribution < -0.4 is 10.9 Å². The highest BCUT2D eigenvalue weighted by Gasteiger charge is 2.42. The van der Waals surface area contributed by atoms with E-state index in [-0.39, 0.29) is 35.4 Å². The van der Waals surface area contributed by atoms with E-state index in [2.05, 4.69) is 17.4 Å². The maximum atomic E-state index is 13.5. The van der Waals surface area contributed by atoms with Crippen LogP contribution in [0.1, 0.15) is 51.0 Å². The fourth-order valence-corrected chi connectivity index (χ4v) is 7.33. The molecule has 2 atom stereocenters. The van der Waals surface area contributed by atoms with E-state index < -0.39 is 0 Å². The van der Waals surface area contributed by atoms with E-state index in [1.807, 2.05) is 15.5 Å². The number of hydrogen-bond donors (Lipinski definition) is 1. The summed E-state index contributed by atoms with van der Waals surface area (Å²) in [6.07, 6.45) is 3.93. The summed E-state index contributed by atoms with van der Waals surface area (Å²) in [4.78, 5) is 29.9. The summed E-state index contributed by atoms with van der Waals surface area (Å²) in [6.45, 7) is 4.85. The van der Waals surface area contributed by atoms with E-state index in [0.29, 0.717) is 12.5 Å². The van der Waals surface area contributed by atoms with Gasteiger partial charge in [0, 0.05) is 42.2 Å². The Morgan fingerprint density at radius 2 is 2.03 bits per heavy atom. The lowest BCUT2D eigenvalue weighted by molar-refractivity contribution is -0.0771. The molecule has 4 aliphatic heterocycles. The van der Waals surface area contributed by atoms with E-state index in [9.17, 15) is 9.59 Å². The van der Waals surface area contributed by atoms with Gasteiger partial charge in [0.25, 0.3) is 11.5 Å². The molecule has 2 saturated heterocycles. The van der Waals surface area contributed by atoms with Crippen molar-refractivity contribution in [3.63, 3.8) is 0 Å². The van der Waals surface area contributed by atoms with Gasteiger partial charge < -0.3 is 19.5 Å². The smallest absolute Gasteiger partial charge is 0.263 e. The Morgan fingerprint density at radius 1 is 1.19 bits per heavy atom. The highest BCUT2D eigenvalue weighted by atomic mass is 35.5. The number of carbonyl (C=O) groups is 1. The Balaban J connectivity index is 0.00000204. The number of piperidine rings is 2. The fraction of sp³-hybridized carbons (Fsp3) is 0.565. The molecule has 0 saturated carbocycles. The van der Waals surface area contributed by atoms with E-state index in [0.717, 1.165) is 69.0 Å². The van der Waals surface area contributed by atoms with E-state index >= 15 is 0 Å². The number of nitrogens with zero attached hydrogens (tertiary/aromatic N) is 2. The highest BCUT2D eigenvalue weighted by Crippen LogP contribution is 2.45. The number of fused-ring (bicyclic) bond motifs is 6. The molecule has 0 aromatic carbocycles. The van der Waals surface area contributed by atoms with Gasteiger partial charge in [-0.2, -0.15) is 0 Å². The van der Waals surface area contributed by atoms with Crippen molar-refractivity contribution in [2.75, 3.05) is 32.8 Å². The van der Waals surface area contributed by atoms with Crippen LogP contribution in [0.2, 0.25) is 0 Å². The lowest BCUT2D eigenvalue weighted by Crippen LogP contribution is -2.49. The van der Waals surface area contributed by atoms with Crippen molar-refractivity contribution in [1.29, 1.82) is 0 Å². The minimum Gasteiger partial charge on any atom is -0.369 e. The van der Waals surface area contributed by atoms with Crippen LogP contribution in [0.4, 0.5) is 0 Å². The normalized spacial score (nSPS) is 26.0. The van der Waals surface area contributed by atoms with Gasteiger partial charge in [-0.3, -0.25) is 9.59 Å². The number of halogens is 1. The summed E-state index contributed by atoms with van der Waals surface area (Å²) < 4.78 is 8.21. The van der Waals surface area contributed by atoms with Crippen molar-refractivity contribution in [1.82, 2.24) is 14.8 Å². The molecule has 2 fully saturated rings. The Bertz CT molecular complexity index is 1060. The Morgan fingerprint density at radius 3 is 2.87 bits per heavy atom. The average molecular weight is 462 g/mol. The summed E-state index contributed by atoms with van der Waals surface area (Å²) in [5, 5.41) is 3.43. The van der Waals surface area contributed by atoms with Crippen molar-refractivity contribution in [3.8, 4) is 0 Å². The summed E-state index contributed by atoms with van der Waals surface area (Å²) in [5.74, 6) is 0.762. The van der Waals surface area contributed by atoms with Crippen LogP contribution in [0.15, 0.2) is 29.1 Å². The first kappa shape index (κ1) is 21.2. The fourth-order valence-electron chi connectivity index (χ4n) is 5.95. The zero-order valence-corrected chi connectivity index (χ0v) is 19.1. The molecule has 6 rings (SSSR count). The van der Waals surface area contributed by atoms with E-state index in [1.165, 1.54) is 10.4 Å². The first-order valence-electron chi connectivity index (χ1n) is 11.1. The van der Waals surface area contributed by atoms with Gasteiger partial charge in [-0.25, -0.2) is 0 Å². The third-order valence-corrected chi connectivity index (χ3v) is 8.71. The largest absolute Gasteiger partial charge is 0.369 e. The molecule has 6 heterocycles. The molecule has 31 heavy (non-hydrogen) atoms. The van der Waals surface area contributed by atoms with Crippen molar-refractivity contribution in [2.24, 2.45) is 5.92 Å². The van der Waals surface area contributed by atoms with Crippen LogP contribution in [-0.2, 0) is 23.3 Å². The maximum absolute atomic E-state index is 13.5. The molecular weight excluding hydrogens is 434 g/mol. The van der Waals surface area contributed by atoms with Crippen LogP contribution in [0, 0.1) is 5.92 Å². The lowest BCUT2D eigenvalue weighted by atomic mass is 9.83. The van der Waals surface area contributed by atoms with Gasteiger partial charge in [0.2, 0.25) is 0 Å². The standard InChI is InChI=1S/C23H27N3O3S.ClH/c27-20-3-1-2-18-17-10-15(13-26(18)20)12-25(14-17)22(28)19-11-16-4-9-29-23(21(16)30-19)5-7-24-8-6-23;/h1-3,11,15,17,24H,4-10,12-14H2;1H. The number of nitrogens with one attached hydrogen (secondary N) is 1. The molecule has 6 nitrogen and oxygen atoms in total. The van der Waals surface area contributed by atoms with Gasteiger partial charge in [-0.05, 0) is 62.4 Å². The van der Waals surface area contributed by atoms with Crippen LogP contribution in [0.25, 0.3) is 0 Å². The molecule has 0 radical (unpaired) electrons. The number of thiophene rings is 1. The summed E-state index contributed by atoms with van der Waals surface area (Å²) in [7, 11) is 0. The molecule has 166 valence electrons. The molecule has 1 amide bonds. The van der Waals surface area contributed by atoms with E-state index in [4.69, 9.17) is 4.74 Å². The number of carbonyl (C=O) groups excluding carboxylic acids is 1. The Hall–Kier alpha value is -1.67. The van der Waals surface area contributed by atoms with Crippen LogP contribution >= 0.6 is 23.7 Å². The van der Waals surface area contributed by atoms with Crippen molar-refractivity contribution < 1.29 is 9.53 Å². The van der Waals surface area contributed by atoms with Crippen molar-refractivity contribution >= 4 is 29.7 Å². The minimum atomic E-state index is -0.194. The van der Waals surface area contributed by atoms with Gasteiger partial charge in [0.1, 0.15) is 5.60 Å². The molecular formula is C23H28ClN3O3S.